The molecule has 9 heteroatoms. The van der Waals surface area contributed by atoms with Gasteiger partial charge >= 0.3 is 11.8 Å². The molecule has 1 heterocycles. The lowest BCUT2D eigenvalue weighted by molar-refractivity contribution is -0.139. The summed E-state index contributed by atoms with van der Waals surface area (Å²) < 4.78 is 10.7. The van der Waals surface area contributed by atoms with E-state index in [1.54, 1.807) is 29.2 Å². The Morgan fingerprint density at radius 3 is 2.54 bits per heavy atom. The van der Waals surface area contributed by atoms with Crippen LogP contribution in [0.25, 0.3) is 0 Å². The van der Waals surface area contributed by atoms with Crippen LogP contribution >= 0.6 is 0 Å². The predicted molar refractivity (Wildman–Crippen MR) is 103 cm³/mol. The summed E-state index contributed by atoms with van der Waals surface area (Å²) in [5.74, 6) is -1.07. The average Bonchev–Trinajstić information content (AvgIpc) is 2.73. The van der Waals surface area contributed by atoms with E-state index in [2.05, 4.69) is 15.8 Å². The van der Waals surface area contributed by atoms with Gasteiger partial charge in [0.2, 0.25) is 0 Å². The predicted octanol–water partition coefficient (Wildman–Crippen LogP) is 0.289. The minimum Gasteiger partial charge on any atom is -0.484 e. The Labute approximate surface area is 164 Å². The normalized spacial score (nSPS) is 15.1. The number of morpholine rings is 1. The molecule has 0 bridgehead atoms. The van der Waals surface area contributed by atoms with Gasteiger partial charge in [-0.05, 0) is 43.2 Å². The number of hydrogen-bond acceptors (Lipinski definition) is 6. The maximum absolute atomic E-state index is 12.0. The van der Waals surface area contributed by atoms with Crippen molar-refractivity contribution in [1.29, 1.82) is 0 Å². The van der Waals surface area contributed by atoms with Crippen molar-refractivity contribution in [3.8, 4) is 5.75 Å². The lowest BCUT2D eigenvalue weighted by Gasteiger charge is -2.26. The fraction of sp³-hybridized carbons (Fsp3) is 0.474. The molecule has 28 heavy (non-hydrogen) atoms. The van der Waals surface area contributed by atoms with E-state index < -0.39 is 11.8 Å². The Balaban J connectivity index is 1.75. The lowest BCUT2D eigenvalue weighted by Crippen LogP contribution is -2.42. The molecule has 0 spiro atoms. The van der Waals surface area contributed by atoms with Gasteiger partial charge in [0, 0.05) is 19.1 Å². The smallest absolute Gasteiger partial charge is 0.329 e. The molecule has 1 aliphatic rings. The molecule has 1 aliphatic heterocycles. The van der Waals surface area contributed by atoms with Crippen LogP contribution in [0.1, 0.15) is 25.8 Å². The topological polar surface area (TPSA) is 109 Å². The lowest BCUT2D eigenvalue weighted by atomic mass is 10.2. The first-order chi connectivity index (χ1) is 13.5. The molecule has 1 fully saturated rings. The number of amides is 3. The van der Waals surface area contributed by atoms with Crippen molar-refractivity contribution in [1.82, 2.24) is 15.6 Å². The number of rotatable bonds is 7. The highest BCUT2D eigenvalue weighted by Crippen LogP contribution is 2.11. The summed E-state index contributed by atoms with van der Waals surface area (Å²) in [6, 6.07) is 6.77. The largest absolute Gasteiger partial charge is 0.484 e. The Morgan fingerprint density at radius 1 is 1.21 bits per heavy atom. The molecule has 0 aliphatic carbocycles. The molecule has 0 saturated carbocycles. The van der Waals surface area contributed by atoms with Gasteiger partial charge < -0.3 is 19.7 Å². The Kier molecular flexibility index (Phi) is 8.41. The molecule has 1 atom stereocenters. The van der Waals surface area contributed by atoms with Gasteiger partial charge in [0.05, 0.1) is 19.4 Å². The summed E-state index contributed by atoms with van der Waals surface area (Å²) in [4.78, 5) is 37.0. The summed E-state index contributed by atoms with van der Waals surface area (Å²) in [6.45, 7) is 5.96. The average molecular weight is 390 g/mol. The van der Waals surface area contributed by atoms with E-state index >= 15 is 0 Å². The van der Waals surface area contributed by atoms with Crippen LogP contribution in [0.15, 0.2) is 29.4 Å². The van der Waals surface area contributed by atoms with E-state index in [0.717, 1.165) is 6.42 Å². The molecular formula is C19H26N4O5. The SMILES string of the molecule is CC[C@@H](C)NC(=O)C(=O)N/N=C\c1ccc(OCC(=O)N2CCOCC2)cc1. The molecule has 152 valence electrons. The monoisotopic (exact) mass is 390 g/mol. The maximum atomic E-state index is 12.0. The zero-order valence-corrected chi connectivity index (χ0v) is 16.1. The zero-order valence-electron chi connectivity index (χ0n) is 16.1. The number of carbonyl (C=O) groups excluding carboxylic acids is 3. The van der Waals surface area contributed by atoms with Gasteiger partial charge in [0.25, 0.3) is 5.91 Å². The van der Waals surface area contributed by atoms with Gasteiger partial charge in [-0.25, -0.2) is 5.43 Å². The van der Waals surface area contributed by atoms with Gasteiger partial charge in [-0.1, -0.05) is 6.92 Å². The van der Waals surface area contributed by atoms with Gasteiger partial charge in [0.1, 0.15) is 5.75 Å². The van der Waals surface area contributed by atoms with Crippen molar-refractivity contribution < 1.29 is 23.9 Å². The second-order valence-corrected chi connectivity index (χ2v) is 6.33. The van der Waals surface area contributed by atoms with Crippen LogP contribution < -0.4 is 15.5 Å². The number of hydrazone groups is 1. The first kappa shape index (κ1) is 21.4. The van der Waals surface area contributed by atoms with E-state index in [0.29, 0.717) is 37.6 Å². The highest BCUT2D eigenvalue weighted by Gasteiger charge is 2.17. The number of ether oxygens (including phenoxy) is 2. The molecule has 9 nitrogen and oxygen atoms in total. The molecule has 0 radical (unpaired) electrons. The third-order valence-electron chi connectivity index (χ3n) is 4.18. The van der Waals surface area contributed by atoms with E-state index in [1.165, 1.54) is 6.21 Å². The molecular weight excluding hydrogens is 364 g/mol. The van der Waals surface area contributed by atoms with Crippen LogP contribution in [0, 0.1) is 0 Å². The summed E-state index contributed by atoms with van der Waals surface area (Å²) in [7, 11) is 0. The molecule has 1 aromatic rings. The van der Waals surface area contributed by atoms with Crippen LogP contribution in [0.5, 0.6) is 5.75 Å². The van der Waals surface area contributed by atoms with Crippen molar-refractivity contribution in [2.75, 3.05) is 32.9 Å². The van der Waals surface area contributed by atoms with E-state index in [1.807, 2.05) is 13.8 Å². The van der Waals surface area contributed by atoms with Crippen LogP contribution in [0.2, 0.25) is 0 Å². The fourth-order valence-corrected chi connectivity index (χ4v) is 2.31. The van der Waals surface area contributed by atoms with Crippen LogP contribution in [-0.2, 0) is 19.1 Å². The number of carbonyl (C=O) groups is 3. The number of benzene rings is 1. The fourth-order valence-electron chi connectivity index (χ4n) is 2.31. The third kappa shape index (κ3) is 6.99. The quantitative estimate of drug-likeness (QED) is 0.395. The second-order valence-electron chi connectivity index (χ2n) is 6.33. The maximum Gasteiger partial charge on any atom is 0.329 e. The first-order valence-corrected chi connectivity index (χ1v) is 9.22. The molecule has 2 N–H and O–H groups in total. The van der Waals surface area contributed by atoms with Crippen molar-refractivity contribution >= 4 is 23.9 Å². The van der Waals surface area contributed by atoms with Crippen molar-refractivity contribution in [3.63, 3.8) is 0 Å². The standard InChI is InChI=1S/C19H26N4O5/c1-3-14(2)21-18(25)19(26)22-20-12-15-4-6-16(7-5-15)28-13-17(24)23-8-10-27-11-9-23/h4-7,12,14H,3,8-11,13H2,1-2H3,(H,21,25)(H,22,26)/b20-12-/t14-/m1/s1. The van der Waals surface area contributed by atoms with Crippen LogP contribution in [0.4, 0.5) is 0 Å². The van der Waals surface area contributed by atoms with Crippen molar-refractivity contribution in [2.45, 2.75) is 26.3 Å². The van der Waals surface area contributed by atoms with E-state index in [9.17, 15) is 14.4 Å². The Bertz CT molecular complexity index is 699. The Morgan fingerprint density at radius 2 is 1.89 bits per heavy atom. The molecule has 3 amide bonds. The minimum absolute atomic E-state index is 0.0329. The third-order valence-corrected chi connectivity index (χ3v) is 4.18. The number of nitrogens with one attached hydrogen (secondary N) is 2. The van der Waals surface area contributed by atoms with Gasteiger partial charge in [0.15, 0.2) is 6.61 Å². The number of nitrogens with zero attached hydrogens (tertiary/aromatic N) is 2. The summed E-state index contributed by atoms with van der Waals surface area (Å²) in [6.07, 6.45) is 2.14. The zero-order chi connectivity index (χ0) is 20.4. The molecule has 1 saturated heterocycles. The first-order valence-electron chi connectivity index (χ1n) is 9.22. The number of hydrogen-bond donors (Lipinski definition) is 2. The van der Waals surface area contributed by atoms with Crippen molar-refractivity contribution in [2.24, 2.45) is 5.10 Å². The van der Waals surface area contributed by atoms with Crippen molar-refractivity contribution in [3.05, 3.63) is 29.8 Å². The second kappa shape index (κ2) is 11.0. The summed E-state index contributed by atoms with van der Waals surface area (Å²) >= 11 is 0. The molecule has 0 aromatic heterocycles. The van der Waals surface area contributed by atoms with Gasteiger partial charge in [-0.15, -0.1) is 0 Å². The van der Waals surface area contributed by atoms with Gasteiger partial charge in [-0.3, -0.25) is 14.4 Å². The highest BCUT2D eigenvalue weighted by molar-refractivity contribution is 6.35. The van der Waals surface area contributed by atoms with Gasteiger partial charge in [-0.2, -0.15) is 5.10 Å². The van der Waals surface area contributed by atoms with E-state index in [4.69, 9.17) is 9.47 Å². The molecule has 0 unspecified atom stereocenters. The molecule has 2 rings (SSSR count). The van der Waals surface area contributed by atoms with E-state index in [-0.39, 0.29) is 18.6 Å². The van der Waals surface area contributed by atoms with Crippen LogP contribution in [0.3, 0.4) is 0 Å². The highest BCUT2D eigenvalue weighted by atomic mass is 16.5. The van der Waals surface area contributed by atoms with Crippen LogP contribution in [-0.4, -0.2) is 67.8 Å². The summed E-state index contributed by atoms with van der Waals surface area (Å²) in [5.41, 5.74) is 2.88. The minimum atomic E-state index is -0.821. The molecule has 1 aromatic carbocycles. The Hall–Kier alpha value is -2.94. The summed E-state index contributed by atoms with van der Waals surface area (Å²) in [5, 5.41) is 6.31.